The van der Waals surface area contributed by atoms with Crippen molar-refractivity contribution in [3.8, 4) is 0 Å². The first-order chi connectivity index (χ1) is 12.0. The maximum Gasteiger partial charge on any atom is 0.255 e. The van der Waals surface area contributed by atoms with Gasteiger partial charge in [0.1, 0.15) is 0 Å². The summed E-state index contributed by atoms with van der Waals surface area (Å²) in [4.78, 5) is 28.8. The number of carbonyl (C=O) groups is 1. The quantitative estimate of drug-likeness (QED) is 0.902. The molecule has 1 saturated heterocycles. The Bertz CT molecular complexity index is 722. The molecule has 2 aromatic heterocycles. The molecular weight excluding hydrogens is 318 g/mol. The summed E-state index contributed by atoms with van der Waals surface area (Å²) >= 11 is 0. The minimum atomic E-state index is -0.986. The molecule has 7 heteroatoms. The third-order valence-corrected chi connectivity index (χ3v) is 4.43. The zero-order valence-electron chi connectivity index (χ0n) is 14.6. The summed E-state index contributed by atoms with van der Waals surface area (Å²) in [5.74, 6) is 0.464. The molecule has 0 bridgehead atoms. The van der Waals surface area contributed by atoms with Gasteiger partial charge in [-0.15, -0.1) is 0 Å². The van der Waals surface area contributed by atoms with Gasteiger partial charge in [-0.1, -0.05) is 0 Å². The van der Waals surface area contributed by atoms with Crippen molar-refractivity contribution in [1.82, 2.24) is 19.9 Å². The van der Waals surface area contributed by atoms with Crippen molar-refractivity contribution in [2.45, 2.75) is 25.4 Å². The summed E-state index contributed by atoms with van der Waals surface area (Å²) < 4.78 is 0. The van der Waals surface area contributed by atoms with Gasteiger partial charge >= 0.3 is 0 Å². The number of amides is 1. The number of anilines is 1. The molecule has 3 heterocycles. The first-order valence-electron chi connectivity index (χ1n) is 8.39. The fraction of sp³-hybridized carbons (Fsp3) is 0.444. The summed E-state index contributed by atoms with van der Waals surface area (Å²) in [6.07, 6.45) is 6.41. The highest BCUT2D eigenvalue weighted by Gasteiger charge is 2.36. The normalized spacial score (nSPS) is 20.4. The van der Waals surface area contributed by atoms with Crippen LogP contribution in [0.25, 0.3) is 0 Å². The first kappa shape index (κ1) is 17.3. The Morgan fingerprint density at radius 1 is 1.32 bits per heavy atom. The number of β-amino-alcohol motifs (C(OH)–C–C–N with tert-alkyl or cyclic N) is 1. The van der Waals surface area contributed by atoms with Crippen molar-refractivity contribution >= 4 is 11.9 Å². The van der Waals surface area contributed by atoms with E-state index in [1.807, 2.05) is 17.9 Å². The van der Waals surface area contributed by atoms with E-state index in [0.717, 1.165) is 18.7 Å². The zero-order valence-corrected chi connectivity index (χ0v) is 14.6. The highest BCUT2D eigenvalue weighted by atomic mass is 16.3. The van der Waals surface area contributed by atoms with Crippen LogP contribution in [0.5, 0.6) is 0 Å². The highest BCUT2D eigenvalue weighted by Crippen LogP contribution is 2.25. The molecule has 1 amide bonds. The molecule has 132 valence electrons. The largest absolute Gasteiger partial charge is 0.386 e. The molecule has 0 aliphatic carbocycles. The number of pyridine rings is 1. The minimum Gasteiger partial charge on any atom is -0.386 e. The number of aryl methyl sites for hydroxylation is 1. The molecule has 0 saturated carbocycles. The molecule has 1 atom stereocenters. The van der Waals surface area contributed by atoms with Crippen molar-refractivity contribution in [3.05, 3.63) is 48.0 Å². The summed E-state index contributed by atoms with van der Waals surface area (Å²) in [5, 5.41) is 11.0. The topological polar surface area (TPSA) is 82.5 Å². The summed E-state index contributed by atoms with van der Waals surface area (Å²) in [7, 11) is 1.71. The highest BCUT2D eigenvalue weighted by molar-refractivity contribution is 5.93. The van der Waals surface area contributed by atoms with Crippen LogP contribution in [0.1, 0.15) is 28.9 Å². The maximum absolute atomic E-state index is 12.6. The van der Waals surface area contributed by atoms with Gasteiger partial charge in [-0.05, 0) is 38.0 Å². The van der Waals surface area contributed by atoms with Crippen LogP contribution in [0.3, 0.4) is 0 Å². The predicted octanol–water partition coefficient (Wildman–Crippen LogP) is 1.28. The van der Waals surface area contributed by atoms with Gasteiger partial charge in [0, 0.05) is 37.9 Å². The van der Waals surface area contributed by atoms with E-state index in [1.54, 1.807) is 42.7 Å². The molecule has 1 fully saturated rings. The van der Waals surface area contributed by atoms with Gasteiger partial charge in [0.05, 0.1) is 24.3 Å². The predicted molar refractivity (Wildman–Crippen MR) is 94.4 cm³/mol. The van der Waals surface area contributed by atoms with Crippen molar-refractivity contribution < 1.29 is 9.90 Å². The van der Waals surface area contributed by atoms with Gasteiger partial charge in [0.25, 0.3) is 5.91 Å². The van der Waals surface area contributed by atoms with Crippen LogP contribution >= 0.6 is 0 Å². The number of nitrogens with zero attached hydrogens (tertiary/aromatic N) is 5. The van der Waals surface area contributed by atoms with Crippen molar-refractivity contribution in [1.29, 1.82) is 0 Å². The molecule has 1 aliphatic heterocycles. The first-order valence-corrected chi connectivity index (χ1v) is 8.39. The maximum atomic E-state index is 12.6. The monoisotopic (exact) mass is 341 g/mol. The molecule has 7 nitrogen and oxygen atoms in total. The second-order valence-electron chi connectivity index (χ2n) is 6.65. The Hall–Kier alpha value is -2.54. The third-order valence-electron chi connectivity index (χ3n) is 4.43. The van der Waals surface area contributed by atoms with Crippen molar-refractivity contribution in [2.24, 2.45) is 0 Å². The molecule has 0 aromatic carbocycles. The molecule has 1 aliphatic rings. The molecular formula is C18H23N5O2. The van der Waals surface area contributed by atoms with Gasteiger partial charge < -0.3 is 14.9 Å². The Morgan fingerprint density at radius 2 is 2.08 bits per heavy atom. The number of aromatic nitrogens is 3. The van der Waals surface area contributed by atoms with Gasteiger partial charge in [-0.25, -0.2) is 9.97 Å². The number of carbonyl (C=O) groups excluding carboxylic acids is 1. The smallest absolute Gasteiger partial charge is 0.255 e. The Morgan fingerprint density at radius 3 is 2.76 bits per heavy atom. The summed E-state index contributed by atoms with van der Waals surface area (Å²) in [6.45, 7) is 3.33. The molecule has 25 heavy (non-hydrogen) atoms. The van der Waals surface area contributed by atoms with Crippen LogP contribution in [0, 0.1) is 6.92 Å². The Kier molecular flexibility index (Phi) is 4.94. The standard InChI is InChI=1S/C18H23N5O2/c1-14-5-6-15(11-21-14)16(24)22(2)12-18(25)7-3-10-23(13-18)17-19-8-4-9-20-17/h4-6,8-9,11,25H,3,7,10,12-13H2,1-2H3/t18-/m1/s1. The molecule has 0 unspecified atom stereocenters. The summed E-state index contributed by atoms with van der Waals surface area (Å²) in [5.41, 5.74) is 0.402. The Balaban J connectivity index is 1.68. The van der Waals surface area contributed by atoms with Crippen LogP contribution in [-0.4, -0.2) is 63.1 Å². The van der Waals surface area contributed by atoms with E-state index in [9.17, 15) is 9.90 Å². The second kappa shape index (κ2) is 7.14. The number of piperidine rings is 1. The second-order valence-corrected chi connectivity index (χ2v) is 6.65. The minimum absolute atomic E-state index is 0.144. The van der Waals surface area contributed by atoms with Crippen molar-refractivity contribution in [3.63, 3.8) is 0 Å². The van der Waals surface area contributed by atoms with Crippen LogP contribution in [-0.2, 0) is 0 Å². The van der Waals surface area contributed by atoms with E-state index in [0.29, 0.717) is 24.5 Å². The average molecular weight is 341 g/mol. The average Bonchev–Trinajstić information content (AvgIpc) is 2.62. The number of hydrogen-bond donors (Lipinski definition) is 1. The van der Waals surface area contributed by atoms with Crippen LogP contribution < -0.4 is 4.90 Å². The van der Waals surface area contributed by atoms with Crippen LogP contribution in [0.15, 0.2) is 36.8 Å². The SMILES string of the molecule is Cc1ccc(C(=O)N(C)C[C@]2(O)CCCN(c3ncccn3)C2)cn1. The third kappa shape index (κ3) is 4.11. The molecule has 3 rings (SSSR count). The van der Waals surface area contributed by atoms with Crippen LogP contribution in [0.4, 0.5) is 5.95 Å². The number of aliphatic hydroxyl groups is 1. The van der Waals surface area contributed by atoms with E-state index in [-0.39, 0.29) is 12.5 Å². The summed E-state index contributed by atoms with van der Waals surface area (Å²) in [6, 6.07) is 5.34. The lowest BCUT2D eigenvalue weighted by atomic mass is 9.92. The van der Waals surface area contributed by atoms with Crippen LogP contribution in [0.2, 0.25) is 0 Å². The van der Waals surface area contributed by atoms with E-state index < -0.39 is 5.60 Å². The fourth-order valence-corrected chi connectivity index (χ4v) is 3.19. The lowest BCUT2D eigenvalue weighted by molar-refractivity contribution is -0.000308. The Labute approximate surface area is 147 Å². The zero-order chi connectivity index (χ0) is 17.9. The van der Waals surface area contributed by atoms with E-state index in [2.05, 4.69) is 15.0 Å². The molecule has 1 N–H and O–H groups in total. The molecule has 2 aromatic rings. The lowest BCUT2D eigenvalue weighted by Crippen LogP contribution is -2.55. The van der Waals surface area contributed by atoms with Crippen molar-refractivity contribution in [2.75, 3.05) is 31.6 Å². The number of hydrogen-bond acceptors (Lipinski definition) is 6. The molecule has 0 spiro atoms. The van der Waals surface area contributed by atoms with Gasteiger partial charge in [-0.3, -0.25) is 9.78 Å². The fourth-order valence-electron chi connectivity index (χ4n) is 3.19. The van der Waals surface area contributed by atoms with Gasteiger partial charge in [0.15, 0.2) is 0 Å². The van der Waals surface area contributed by atoms with Gasteiger partial charge in [0.2, 0.25) is 5.95 Å². The number of rotatable bonds is 4. The van der Waals surface area contributed by atoms with Gasteiger partial charge in [-0.2, -0.15) is 0 Å². The molecule has 0 radical (unpaired) electrons. The number of likely N-dealkylation sites (N-methyl/N-ethyl adjacent to an activating group) is 1. The van der Waals surface area contributed by atoms with E-state index in [4.69, 9.17) is 0 Å². The van der Waals surface area contributed by atoms with E-state index in [1.165, 1.54) is 0 Å². The van der Waals surface area contributed by atoms with E-state index >= 15 is 0 Å². The lowest BCUT2D eigenvalue weighted by Gasteiger charge is -2.41.